The maximum atomic E-state index is 11.9. The summed E-state index contributed by atoms with van der Waals surface area (Å²) in [6, 6.07) is 4.16. The van der Waals surface area contributed by atoms with Crippen LogP contribution in [-0.2, 0) is 11.3 Å². The second-order valence-electron chi connectivity index (χ2n) is 5.24. The van der Waals surface area contributed by atoms with Gasteiger partial charge >= 0.3 is 0 Å². The van der Waals surface area contributed by atoms with Crippen LogP contribution in [0.15, 0.2) is 12.1 Å². The molecule has 3 N–H and O–H groups in total. The first-order chi connectivity index (χ1) is 8.32. The van der Waals surface area contributed by atoms with Crippen molar-refractivity contribution in [2.45, 2.75) is 47.2 Å². The highest BCUT2D eigenvalue weighted by atomic mass is 35.5. The van der Waals surface area contributed by atoms with Gasteiger partial charge in [-0.05, 0) is 44.4 Å². The Kier molecular flexibility index (Phi) is 7.09. The summed E-state index contributed by atoms with van der Waals surface area (Å²) >= 11 is 0. The third-order valence-electron chi connectivity index (χ3n) is 3.48. The highest BCUT2D eigenvalue weighted by Gasteiger charge is 2.17. The predicted molar refractivity (Wildman–Crippen MR) is 82.6 cm³/mol. The highest BCUT2D eigenvalue weighted by Crippen LogP contribution is 2.16. The molecule has 0 saturated heterocycles. The first-order valence-corrected chi connectivity index (χ1v) is 6.43. The zero-order valence-electron chi connectivity index (χ0n) is 12.4. The Morgan fingerprint density at radius 1 is 1.21 bits per heavy atom. The lowest BCUT2D eigenvalue weighted by molar-refractivity contribution is -0.125. The monoisotopic (exact) mass is 284 g/mol. The van der Waals surface area contributed by atoms with E-state index >= 15 is 0 Å². The number of hydrogen-bond donors (Lipinski definition) is 2. The van der Waals surface area contributed by atoms with Crippen LogP contribution in [0, 0.1) is 26.7 Å². The van der Waals surface area contributed by atoms with Crippen LogP contribution in [-0.4, -0.2) is 11.9 Å². The zero-order valence-corrected chi connectivity index (χ0v) is 13.2. The molecule has 19 heavy (non-hydrogen) atoms. The molecule has 1 rings (SSSR count). The number of halogens is 1. The van der Waals surface area contributed by atoms with Gasteiger partial charge in [0.25, 0.3) is 0 Å². The van der Waals surface area contributed by atoms with E-state index in [1.54, 1.807) is 0 Å². The fourth-order valence-corrected chi connectivity index (χ4v) is 2.06. The molecule has 0 heterocycles. The van der Waals surface area contributed by atoms with Crippen molar-refractivity contribution in [3.63, 3.8) is 0 Å². The summed E-state index contributed by atoms with van der Waals surface area (Å²) in [6.07, 6.45) is 0. The van der Waals surface area contributed by atoms with Gasteiger partial charge in [0.2, 0.25) is 5.91 Å². The summed E-state index contributed by atoms with van der Waals surface area (Å²) < 4.78 is 0. The molecule has 0 aliphatic carbocycles. The fraction of sp³-hybridized carbons (Fsp3) is 0.533. The third-order valence-corrected chi connectivity index (χ3v) is 3.48. The van der Waals surface area contributed by atoms with Crippen molar-refractivity contribution in [3.8, 4) is 0 Å². The van der Waals surface area contributed by atoms with Crippen LogP contribution >= 0.6 is 12.4 Å². The van der Waals surface area contributed by atoms with Gasteiger partial charge < -0.3 is 11.1 Å². The van der Waals surface area contributed by atoms with E-state index < -0.39 is 0 Å². The molecule has 1 aromatic carbocycles. The quantitative estimate of drug-likeness (QED) is 0.893. The number of amides is 1. The number of aryl methyl sites for hydroxylation is 3. The molecule has 1 aromatic rings. The van der Waals surface area contributed by atoms with Crippen molar-refractivity contribution in [2.24, 2.45) is 11.7 Å². The van der Waals surface area contributed by atoms with Crippen LogP contribution in [0.25, 0.3) is 0 Å². The van der Waals surface area contributed by atoms with Gasteiger partial charge in [-0.3, -0.25) is 4.79 Å². The predicted octanol–water partition coefficient (Wildman–Crippen LogP) is 2.63. The van der Waals surface area contributed by atoms with E-state index in [0.717, 1.165) is 0 Å². The normalized spacial score (nSPS) is 13.4. The number of carbonyl (C=O) groups is 1. The number of nitrogens with one attached hydrogen (secondary N) is 1. The minimum Gasteiger partial charge on any atom is -0.352 e. The van der Waals surface area contributed by atoms with E-state index in [2.05, 4.69) is 38.2 Å². The Bertz CT molecular complexity index is 421. The molecule has 0 spiro atoms. The molecule has 0 aliphatic heterocycles. The summed E-state index contributed by atoms with van der Waals surface area (Å²) in [5, 5.41) is 2.96. The Labute approximate surface area is 122 Å². The van der Waals surface area contributed by atoms with Gasteiger partial charge in [-0.25, -0.2) is 0 Å². The molecule has 0 aliphatic rings. The smallest absolute Gasteiger partial charge is 0.224 e. The van der Waals surface area contributed by atoms with Crippen LogP contribution in [0.5, 0.6) is 0 Å². The maximum absolute atomic E-state index is 11.9. The number of hydrogen-bond acceptors (Lipinski definition) is 2. The second kappa shape index (κ2) is 7.51. The van der Waals surface area contributed by atoms with Gasteiger partial charge in [-0.2, -0.15) is 0 Å². The molecule has 3 nitrogen and oxygen atoms in total. The van der Waals surface area contributed by atoms with Crippen molar-refractivity contribution < 1.29 is 4.79 Å². The van der Waals surface area contributed by atoms with Gasteiger partial charge in [0.1, 0.15) is 0 Å². The summed E-state index contributed by atoms with van der Waals surface area (Å²) in [6.45, 7) is 10.5. The molecular weight excluding hydrogens is 260 g/mol. The van der Waals surface area contributed by atoms with Crippen molar-refractivity contribution in [1.29, 1.82) is 0 Å². The lowest BCUT2D eigenvalue weighted by atomic mass is 9.99. The fourth-order valence-electron chi connectivity index (χ4n) is 2.06. The molecule has 0 fully saturated rings. The first kappa shape index (κ1) is 17.9. The molecule has 4 heteroatoms. The van der Waals surface area contributed by atoms with Crippen molar-refractivity contribution in [1.82, 2.24) is 5.32 Å². The van der Waals surface area contributed by atoms with Crippen LogP contribution < -0.4 is 11.1 Å². The van der Waals surface area contributed by atoms with Crippen LogP contribution in [0.4, 0.5) is 0 Å². The number of rotatable bonds is 4. The zero-order chi connectivity index (χ0) is 13.9. The van der Waals surface area contributed by atoms with Crippen molar-refractivity contribution in [3.05, 3.63) is 34.4 Å². The summed E-state index contributed by atoms with van der Waals surface area (Å²) in [4.78, 5) is 11.9. The topological polar surface area (TPSA) is 55.1 Å². The average molecular weight is 285 g/mol. The van der Waals surface area contributed by atoms with E-state index in [0.29, 0.717) is 6.54 Å². The molecule has 0 radical (unpaired) electrons. The Morgan fingerprint density at radius 2 is 1.68 bits per heavy atom. The molecule has 0 aromatic heterocycles. The van der Waals surface area contributed by atoms with Gasteiger partial charge in [0.05, 0.1) is 0 Å². The van der Waals surface area contributed by atoms with Gasteiger partial charge in [-0.1, -0.05) is 24.6 Å². The number of nitrogens with two attached hydrogens (primary N) is 1. The van der Waals surface area contributed by atoms with E-state index in [4.69, 9.17) is 5.73 Å². The van der Waals surface area contributed by atoms with E-state index in [1.165, 1.54) is 22.3 Å². The minimum absolute atomic E-state index is 0. The molecule has 1 amide bonds. The Morgan fingerprint density at radius 3 is 2.11 bits per heavy atom. The number of benzene rings is 1. The SMILES string of the molecule is Cc1cc(C)c(CNC(=O)C(C)C(C)N)c(C)c1.Cl. The third kappa shape index (κ3) is 4.84. The molecule has 2 unspecified atom stereocenters. The van der Waals surface area contributed by atoms with E-state index in [9.17, 15) is 4.79 Å². The number of carbonyl (C=O) groups excluding carboxylic acids is 1. The lowest BCUT2D eigenvalue weighted by Crippen LogP contribution is -2.38. The van der Waals surface area contributed by atoms with E-state index in [1.807, 2.05) is 13.8 Å². The Balaban J connectivity index is 0.00000324. The molecule has 108 valence electrons. The largest absolute Gasteiger partial charge is 0.352 e. The average Bonchev–Trinajstić information content (AvgIpc) is 2.25. The van der Waals surface area contributed by atoms with Gasteiger partial charge in [0.15, 0.2) is 0 Å². The van der Waals surface area contributed by atoms with Crippen LogP contribution in [0.2, 0.25) is 0 Å². The van der Waals surface area contributed by atoms with Crippen LogP contribution in [0.1, 0.15) is 36.1 Å². The molecule has 0 bridgehead atoms. The summed E-state index contributed by atoms with van der Waals surface area (Å²) in [7, 11) is 0. The van der Waals surface area contributed by atoms with Gasteiger partial charge in [-0.15, -0.1) is 12.4 Å². The molecular formula is C15H25ClN2O. The second-order valence-corrected chi connectivity index (χ2v) is 5.24. The summed E-state index contributed by atoms with van der Waals surface area (Å²) in [5.41, 5.74) is 10.6. The molecule has 0 saturated carbocycles. The maximum Gasteiger partial charge on any atom is 0.224 e. The summed E-state index contributed by atoms with van der Waals surface area (Å²) in [5.74, 6) is -0.138. The highest BCUT2D eigenvalue weighted by molar-refractivity contribution is 5.85. The minimum atomic E-state index is -0.156. The van der Waals surface area contributed by atoms with Crippen molar-refractivity contribution >= 4 is 18.3 Å². The Hall–Kier alpha value is -1.06. The van der Waals surface area contributed by atoms with Gasteiger partial charge in [0, 0.05) is 18.5 Å². The first-order valence-electron chi connectivity index (χ1n) is 6.43. The lowest BCUT2D eigenvalue weighted by Gasteiger charge is -2.17. The standard InChI is InChI=1S/C15H24N2O.ClH/c1-9-6-10(2)14(11(3)7-9)8-17-15(18)12(4)13(5)16;/h6-7,12-13H,8,16H2,1-5H3,(H,17,18);1H. The molecule has 2 atom stereocenters. The van der Waals surface area contributed by atoms with E-state index in [-0.39, 0.29) is 30.3 Å². The van der Waals surface area contributed by atoms with Crippen molar-refractivity contribution in [2.75, 3.05) is 0 Å². The van der Waals surface area contributed by atoms with Crippen LogP contribution in [0.3, 0.4) is 0 Å².